The summed E-state index contributed by atoms with van der Waals surface area (Å²) in [5.41, 5.74) is 1.52. The van der Waals surface area contributed by atoms with Gasteiger partial charge in [-0.15, -0.1) is 0 Å². The van der Waals surface area contributed by atoms with Gasteiger partial charge in [0.25, 0.3) is 11.6 Å². The van der Waals surface area contributed by atoms with Crippen molar-refractivity contribution in [3.8, 4) is 11.1 Å². The summed E-state index contributed by atoms with van der Waals surface area (Å²) in [6.07, 6.45) is 0. The van der Waals surface area contributed by atoms with Crippen LogP contribution >= 0.6 is 0 Å². The minimum absolute atomic E-state index is 0.00149. The van der Waals surface area contributed by atoms with Gasteiger partial charge >= 0.3 is 0 Å². The van der Waals surface area contributed by atoms with E-state index in [0.29, 0.717) is 16.7 Å². The van der Waals surface area contributed by atoms with Crippen LogP contribution in [0.3, 0.4) is 0 Å². The Hall–Kier alpha value is -2.69. The van der Waals surface area contributed by atoms with Crippen molar-refractivity contribution in [1.29, 1.82) is 0 Å². The molecule has 0 spiro atoms. The van der Waals surface area contributed by atoms with E-state index >= 15 is 0 Å². The van der Waals surface area contributed by atoms with E-state index in [0.717, 1.165) is 0 Å². The summed E-state index contributed by atoms with van der Waals surface area (Å²) in [5, 5.41) is 11.3. The van der Waals surface area contributed by atoms with Gasteiger partial charge in [-0.1, -0.05) is 30.3 Å². The fourth-order valence-corrected chi connectivity index (χ4v) is 2.97. The minimum atomic E-state index is -0.417. The van der Waals surface area contributed by atoms with E-state index in [2.05, 4.69) is 0 Å². The highest BCUT2D eigenvalue weighted by Gasteiger charge is 2.26. The number of carbonyl (C=O) groups excluding carboxylic acids is 1. The van der Waals surface area contributed by atoms with Crippen LogP contribution in [0.15, 0.2) is 48.5 Å². The first kappa shape index (κ1) is 17.7. The molecule has 1 amide bonds. The number of rotatable bonds is 5. The smallest absolute Gasteiger partial charge is 0.277 e. The SMILES string of the molecule is CC(C)N(C(=O)c1ccccc1-c1ccccc1[N+](=O)[O-])C(C)C. The molecule has 0 saturated heterocycles. The average Bonchev–Trinajstić information content (AvgIpc) is 2.54. The van der Waals surface area contributed by atoms with Crippen molar-refractivity contribution in [2.45, 2.75) is 39.8 Å². The summed E-state index contributed by atoms with van der Waals surface area (Å²) in [5.74, 6) is -0.117. The molecule has 0 radical (unpaired) electrons. The largest absolute Gasteiger partial charge is 0.334 e. The zero-order chi connectivity index (χ0) is 17.9. The molecule has 0 fully saturated rings. The third-order valence-corrected chi connectivity index (χ3v) is 3.90. The Kier molecular flexibility index (Phi) is 5.34. The van der Waals surface area contributed by atoms with Crippen LogP contribution in [0.1, 0.15) is 38.1 Å². The summed E-state index contributed by atoms with van der Waals surface area (Å²) >= 11 is 0. The third kappa shape index (κ3) is 3.45. The molecule has 0 aromatic heterocycles. The maximum atomic E-state index is 13.1. The van der Waals surface area contributed by atoms with Crippen molar-refractivity contribution in [2.24, 2.45) is 0 Å². The highest BCUT2D eigenvalue weighted by Crippen LogP contribution is 2.33. The summed E-state index contributed by atoms with van der Waals surface area (Å²) in [6, 6.07) is 13.6. The van der Waals surface area contributed by atoms with Gasteiger partial charge in [0.05, 0.1) is 10.5 Å². The van der Waals surface area contributed by atoms with E-state index in [-0.39, 0.29) is 23.7 Å². The number of nitro benzene ring substituents is 1. The van der Waals surface area contributed by atoms with Crippen molar-refractivity contribution in [1.82, 2.24) is 4.90 Å². The van der Waals surface area contributed by atoms with Gasteiger partial charge in [0.1, 0.15) is 0 Å². The van der Waals surface area contributed by atoms with Crippen molar-refractivity contribution in [3.63, 3.8) is 0 Å². The van der Waals surface area contributed by atoms with E-state index in [1.807, 2.05) is 27.7 Å². The van der Waals surface area contributed by atoms with Gasteiger partial charge in [-0.25, -0.2) is 0 Å². The van der Waals surface area contributed by atoms with Crippen LogP contribution in [0, 0.1) is 10.1 Å². The van der Waals surface area contributed by atoms with Crippen molar-refractivity contribution in [2.75, 3.05) is 0 Å². The molecule has 0 unspecified atom stereocenters. The van der Waals surface area contributed by atoms with Crippen LogP contribution in [-0.4, -0.2) is 27.8 Å². The molecule has 5 nitrogen and oxygen atoms in total. The van der Waals surface area contributed by atoms with Gasteiger partial charge in [0.2, 0.25) is 0 Å². The fourth-order valence-electron chi connectivity index (χ4n) is 2.97. The summed E-state index contributed by atoms with van der Waals surface area (Å²) in [6.45, 7) is 7.86. The second-order valence-corrected chi connectivity index (χ2v) is 6.22. The third-order valence-electron chi connectivity index (χ3n) is 3.90. The number of para-hydroxylation sites is 1. The molecule has 2 rings (SSSR count). The number of amides is 1. The Morgan fingerprint density at radius 1 is 0.917 bits per heavy atom. The van der Waals surface area contributed by atoms with E-state index in [1.165, 1.54) is 6.07 Å². The van der Waals surface area contributed by atoms with Crippen LogP contribution in [0.25, 0.3) is 11.1 Å². The molecule has 0 aliphatic heterocycles. The second kappa shape index (κ2) is 7.25. The van der Waals surface area contributed by atoms with E-state index in [9.17, 15) is 14.9 Å². The van der Waals surface area contributed by atoms with Crippen molar-refractivity contribution >= 4 is 11.6 Å². The summed E-state index contributed by atoms with van der Waals surface area (Å²) in [4.78, 5) is 25.8. The molecule has 0 aliphatic rings. The Labute approximate surface area is 142 Å². The molecule has 5 heteroatoms. The van der Waals surface area contributed by atoms with Gasteiger partial charge in [-0.05, 0) is 39.8 Å². The number of nitrogens with zero attached hydrogens (tertiary/aromatic N) is 2. The highest BCUT2D eigenvalue weighted by atomic mass is 16.6. The Morgan fingerprint density at radius 2 is 1.42 bits per heavy atom. The quantitative estimate of drug-likeness (QED) is 0.599. The van der Waals surface area contributed by atoms with E-state index < -0.39 is 4.92 Å². The van der Waals surface area contributed by atoms with Crippen molar-refractivity contribution in [3.05, 3.63) is 64.2 Å². The first-order valence-corrected chi connectivity index (χ1v) is 8.00. The average molecular weight is 326 g/mol. The molecule has 0 saturated carbocycles. The topological polar surface area (TPSA) is 63.5 Å². The van der Waals surface area contributed by atoms with Crippen LogP contribution < -0.4 is 0 Å². The lowest BCUT2D eigenvalue weighted by atomic mass is 9.96. The molecule has 2 aromatic carbocycles. The molecule has 126 valence electrons. The maximum Gasteiger partial charge on any atom is 0.277 e. The van der Waals surface area contributed by atoms with E-state index in [4.69, 9.17) is 0 Å². The van der Waals surface area contributed by atoms with Crippen molar-refractivity contribution < 1.29 is 9.72 Å². The molecule has 0 aliphatic carbocycles. The molecule has 0 atom stereocenters. The molecule has 0 N–H and O–H groups in total. The number of benzene rings is 2. The highest BCUT2D eigenvalue weighted by molar-refractivity contribution is 6.02. The second-order valence-electron chi connectivity index (χ2n) is 6.22. The molecule has 0 bridgehead atoms. The Morgan fingerprint density at radius 3 is 1.96 bits per heavy atom. The molecular weight excluding hydrogens is 304 g/mol. The normalized spacial score (nSPS) is 10.9. The van der Waals surface area contributed by atoms with Crippen LogP contribution in [0.2, 0.25) is 0 Å². The van der Waals surface area contributed by atoms with Gasteiger partial charge < -0.3 is 4.90 Å². The zero-order valence-electron chi connectivity index (χ0n) is 14.4. The lowest BCUT2D eigenvalue weighted by Gasteiger charge is -2.31. The molecule has 24 heavy (non-hydrogen) atoms. The van der Waals surface area contributed by atoms with E-state index in [1.54, 1.807) is 47.4 Å². The first-order chi connectivity index (χ1) is 11.3. The monoisotopic (exact) mass is 326 g/mol. The number of hydrogen-bond acceptors (Lipinski definition) is 3. The number of hydrogen-bond donors (Lipinski definition) is 0. The Bertz CT molecular complexity index is 746. The fraction of sp³-hybridized carbons (Fsp3) is 0.316. The van der Waals surface area contributed by atoms with Gasteiger partial charge in [-0.2, -0.15) is 0 Å². The predicted octanol–water partition coefficient (Wildman–Crippen LogP) is 4.52. The summed E-state index contributed by atoms with van der Waals surface area (Å²) in [7, 11) is 0. The standard InChI is InChI=1S/C19H22N2O3/c1-13(2)20(14(3)4)19(22)17-11-6-5-9-15(17)16-10-7-8-12-18(16)21(23)24/h5-14H,1-4H3. The summed E-state index contributed by atoms with van der Waals surface area (Å²) < 4.78 is 0. The van der Waals surface area contributed by atoms with Crippen LogP contribution in [0.5, 0.6) is 0 Å². The van der Waals surface area contributed by atoms with Gasteiger partial charge in [-0.3, -0.25) is 14.9 Å². The molecule has 0 heterocycles. The molecular formula is C19H22N2O3. The van der Waals surface area contributed by atoms with Gasteiger partial charge in [0.15, 0.2) is 0 Å². The lowest BCUT2D eigenvalue weighted by molar-refractivity contribution is -0.384. The Balaban J connectivity index is 2.61. The number of nitro groups is 1. The number of carbonyl (C=O) groups is 1. The lowest BCUT2D eigenvalue weighted by Crippen LogP contribution is -2.42. The van der Waals surface area contributed by atoms with Crippen LogP contribution in [-0.2, 0) is 0 Å². The first-order valence-electron chi connectivity index (χ1n) is 8.00. The maximum absolute atomic E-state index is 13.1. The van der Waals surface area contributed by atoms with Gasteiger partial charge in [0, 0.05) is 29.3 Å². The molecule has 2 aromatic rings. The predicted molar refractivity (Wildman–Crippen MR) is 95.0 cm³/mol. The van der Waals surface area contributed by atoms with Crippen LogP contribution in [0.4, 0.5) is 5.69 Å². The zero-order valence-corrected chi connectivity index (χ0v) is 14.4. The minimum Gasteiger partial charge on any atom is -0.334 e.